The number of amidine groups is 1. The molecule has 0 aliphatic heterocycles. The summed E-state index contributed by atoms with van der Waals surface area (Å²) in [5, 5.41) is 0. The molecule has 41 heavy (non-hydrogen) atoms. The highest BCUT2D eigenvalue weighted by Gasteiger charge is 2.27. The third-order valence-corrected chi connectivity index (χ3v) is 5.84. The van der Waals surface area contributed by atoms with Crippen LogP contribution in [0.4, 0.5) is 4.79 Å². The summed E-state index contributed by atoms with van der Waals surface area (Å²) >= 11 is 0. The van der Waals surface area contributed by atoms with Gasteiger partial charge in [0.05, 0.1) is 6.54 Å². The van der Waals surface area contributed by atoms with E-state index in [1.807, 2.05) is 81.4 Å². The molecule has 3 aromatic carbocycles. The summed E-state index contributed by atoms with van der Waals surface area (Å²) in [6.45, 7) is 5.93. The Bertz CT molecular complexity index is 1240. The number of likely N-dealkylation sites (N-methyl/N-ethyl adjacent to an activating group) is 1. The average molecular weight is 563 g/mol. The number of carbonyl (C=O) groups is 2. The molecule has 1 amide bonds. The number of ether oxygens (including phenoxy) is 3. The zero-order valence-electron chi connectivity index (χ0n) is 23.9. The summed E-state index contributed by atoms with van der Waals surface area (Å²) in [7, 11) is 1.64. The van der Waals surface area contributed by atoms with Crippen LogP contribution < -0.4 is 16.4 Å². The lowest BCUT2D eigenvalue weighted by Crippen LogP contribution is -2.35. The van der Waals surface area contributed by atoms with Gasteiger partial charge in [-0.05, 0) is 56.2 Å². The van der Waals surface area contributed by atoms with Gasteiger partial charge in [-0.25, -0.2) is 15.5 Å². The molecule has 0 bridgehead atoms. The van der Waals surface area contributed by atoms with Gasteiger partial charge in [0.15, 0.2) is 6.10 Å². The number of esters is 1. The van der Waals surface area contributed by atoms with Gasteiger partial charge in [0, 0.05) is 19.2 Å². The SMILES string of the molecule is CN(CCN=C(N)c1ccc(OC[C@H](ON)C(=O)OC(c2ccccc2)c2ccccc2)cc1)C(=O)OC(C)(C)C. The van der Waals surface area contributed by atoms with Gasteiger partial charge < -0.3 is 24.8 Å². The lowest BCUT2D eigenvalue weighted by atomic mass is 10.0. The standard InChI is InChI=1S/C31H38N4O6/c1-31(2,3)40-30(37)35(4)20-19-34-28(32)24-15-17-25(18-16-24)38-21-26(41-33)29(36)39-27(22-11-7-5-8-12-22)23-13-9-6-10-14-23/h5-18,26-27H,19-21,33H2,1-4H3,(H2,32,34)/t26-/m0/s1. The van der Waals surface area contributed by atoms with E-state index in [4.69, 9.17) is 30.7 Å². The molecule has 0 unspecified atom stereocenters. The van der Waals surface area contributed by atoms with Crippen molar-refractivity contribution in [2.75, 3.05) is 26.7 Å². The van der Waals surface area contributed by atoms with Crippen molar-refractivity contribution in [1.82, 2.24) is 4.90 Å². The summed E-state index contributed by atoms with van der Waals surface area (Å²) in [5.41, 5.74) is 7.85. The van der Waals surface area contributed by atoms with Crippen LogP contribution in [0.2, 0.25) is 0 Å². The number of amides is 1. The van der Waals surface area contributed by atoms with E-state index in [1.54, 1.807) is 31.3 Å². The molecular weight excluding hydrogens is 524 g/mol. The molecule has 0 aliphatic rings. The Balaban J connectivity index is 1.55. The third-order valence-electron chi connectivity index (χ3n) is 5.84. The van der Waals surface area contributed by atoms with Crippen LogP contribution >= 0.6 is 0 Å². The van der Waals surface area contributed by atoms with E-state index in [2.05, 4.69) is 4.99 Å². The molecule has 0 radical (unpaired) electrons. The van der Waals surface area contributed by atoms with E-state index in [0.29, 0.717) is 30.2 Å². The van der Waals surface area contributed by atoms with Crippen LogP contribution in [0.1, 0.15) is 43.6 Å². The normalized spacial score (nSPS) is 12.5. The van der Waals surface area contributed by atoms with Gasteiger partial charge in [-0.15, -0.1) is 0 Å². The molecular formula is C31H38N4O6. The van der Waals surface area contributed by atoms with Crippen LogP contribution in [-0.4, -0.2) is 61.2 Å². The maximum Gasteiger partial charge on any atom is 0.410 e. The number of aliphatic imine (C=N–C) groups is 1. The van der Waals surface area contributed by atoms with Gasteiger partial charge in [-0.2, -0.15) is 0 Å². The quantitative estimate of drug-likeness (QED) is 0.145. The van der Waals surface area contributed by atoms with Crippen LogP contribution in [0.3, 0.4) is 0 Å². The van der Waals surface area contributed by atoms with Gasteiger partial charge in [-0.1, -0.05) is 60.7 Å². The summed E-state index contributed by atoms with van der Waals surface area (Å²) in [6.07, 6.45) is -2.21. The maximum absolute atomic E-state index is 13.0. The Morgan fingerprint density at radius 1 is 0.902 bits per heavy atom. The first-order valence-corrected chi connectivity index (χ1v) is 13.2. The Labute approximate surface area is 240 Å². The Kier molecular flexibility index (Phi) is 11.3. The van der Waals surface area contributed by atoms with Crippen molar-refractivity contribution in [3.63, 3.8) is 0 Å². The van der Waals surface area contributed by atoms with Crippen LogP contribution in [-0.2, 0) is 19.1 Å². The van der Waals surface area contributed by atoms with Crippen molar-refractivity contribution in [2.24, 2.45) is 16.6 Å². The average Bonchev–Trinajstić information content (AvgIpc) is 2.96. The van der Waals surface area contributed by atoms with Crippen molar-refractivity contribution >= 4 is 17.9 Å². The first-order valence-electron chi connectivity index (χ1n) is 13.2. The van der Waals surface area contributed by atoms with Gasteiger partial charge in [0.2, 0.25) is 6.10 Å². The van der Waals surface area contributed by atoms with E-state index < -0.39 is 29.9 Å². The summed E-state index contributed by atoms with van der Waals surface area (Å²) in [4.78, 5) is 35.7. The molecule has 0 aromatic heterocycles. The third kappa shape index (κ3) is 9.93. The Morgan fingerprint density at radius 3 is 1.98 bits per heavy atom. The summed E-state index contributed by atoms with van der Waals surface area (Å²) in [6, 6.07) is 25.7. The predicted molar refractivity (Wildman–Crippen MR) is 156 cm³/mol. The second-order valence-electron chi connectivity index (χ2n) is 10.3. The molecule has 0 saturated carbocycles. The number of carbonyl (C=O) groups excluding carboxylic acids is 2. The molecule has 0 aliphatic carbocycles. The highest BCUT2D eigenvalue weighted by molar-refractivity contribution is 5.97. The molecule has 10 heteroatoms. The minimum atomic E-state index is -1.15. The smallest absolute Gasteiger partial charge is 0.410 e. The van der Waals surface area contributed by atoms with Crippen molar-refractivity contribution in [3.8, 4) is 5.75 Å². The molecule has 0 fully saturated rings. The van der Waals surface area contributed by atoms with Crippen molar-refractivity contribution in [3.05, 3.63) is 102 Å². The highest BCUT2D eigenvalue weighted by Crippen LogP contribution is 2.26. The summed E-state index contributed by atoms with van der Waals surface area (Å²) in [5.74, 6) is 5.56. The molecule has 0 spiro atoms. The minimum Gasteiger partial charge on any atom is -0.490 e. The fraction of sp³-hybridized carbons (Fsp3) is 0.323. The molecule has 3 aromatic rings. The fourth-order valence-electron chi connectivity index (χ4n) is 3.68. The van der Waals surface area contributed by atoms with Crippen LogP contribution in [0.15, 0.2) is 89.9 Å². The van der Waals surface area contributed by atoms with E-state index in [9.17, 15) is 9.59 Å². The Hall–Kier alpha value is -4.41. The topological polar surface area (TPSA) is 139 Å². The zero-order chi connectivity index (χ0) is 29.8. The Morgan fingerprint density at radius 2 is 1.46 bits per heavy atom. The molecule has 218 valence electrons. The first kappa shape index (κ1) is 31.1. The van der Waals surface area contributed by atoms with Crippen molar-refractivity contribution in [1.29, 1.82) is 0 Å². The lowest BCUT2D eigenvalue weighted by molar-refractivity contribution is -0.163. The highest BCUT2D eigenvalue weighted by atomic mass is 16.7. The number of nitrogens with two attached hydrogens (primary N) is 2. The second-order valence-corrected chi connectivity index (χ2v) is 10.3. The monoisotopic (exact) mass is 562 g/mol. The van der Waals surface area contributed by atoms with Crippen LogP contribution in [0.5, 0.6) is 5.75 Å². The van der Waals surface area contributed by atoms with Crippen molar-refractivity contribution < 1.29 is 28.6 Å². The van der Waals surface area contributed by atoms with Gasteiger partial charge >= 0.3 is 12.1 Å². The van der Waals surface area contributed by atoms with Gasteiger partial charge in [0.25, 0.3) is 0 Å². The molecule has 0 heterocycles. The second kappa shape index (κ2) is 14.8. The van der Waals surface area contributed by atoms with Gasteiger partial charge in [-0.3, -0.25) is 9.83 Å². The molecule has 10 nitrogen and oxygen atoms in total. The maximum atomic E-state index is 13.0. The number of benzene rings is 3. The van der Waals surface area contributed by atoms with E-state index in [1.165, 1.54) is 4.90 Å². The number of hydrogen-bond donors (Lipinski definition) is 2. The molecule has 3 rings (SSSR count). The zero-order valence-corrected chi connectivity index (χ0v) is 23.9. The largest absolute Gasteiger partial charge is 0.490 e. The van der Waals surface area contributed by atoms with Crippen LogP contribution in [0, 0.1) is 0 Å². The predicted octanol–water partition coefficient (Wildman–Crippen LogP) is 4.23. The first-order chi connectivity index (χ1) is 19.6. The lowest BCUT2D eigenvalue weighted by Gasteiger charge is -2.24. The summed E-state index contributed by atoms with van der Waals surface area (Å²) < 4.78 is 16.9. The van der Waals surface area contributed by atoms with Gasteiger partial charge in [0.1, 0.15) is 23.8 Å². The van der Waals surface area contributed by atoms with E-state index in [-0.39, 0.29) is 6.61 Å². The van der Waals surface area contributed by atoms with E-state index in [0.717, 1.165) is 11.1 Å². The molecule has 4 N–H and O–H groups in total. The number of hydrogen-bond acceptors (Lipinski definition) is 8. The molecule has 0 saturated heterocycles. The van der Waals surface area contributed by atoms with E-state index >= 15 is 0 Å². The minimum absolute atomic E-state index is 0.161. The fourth-order valence-corrected chi connectivity index (χ4v) is 3.68. The van der Waals surface area contributed by atoms with Crippen LogP contribution in [0.25, 0.3) is 0 Å². The number of rotatable bonds is 12. The number of nitrogens with zero attached hydrogens (tertiary/aromatic N) is 2. The van der Waals surface area contributed by atoms with Crippen molar-refractivity contribution in [2.45, 2.75) is 38.6 Å². The molecule has 1 atom stereocenters.